The summed E-state index contributed by atoms with van der Waals surface area (Å²) in [6.45, 7) is 1.61. The van der Waals surface area contributed by atoms with E-state index < -0.39 is 5.82 Å². The van der Waals surface area contributed by atoms with Crippen LogP contribution in [-0.4, -0.2) is 47.9 Å². The minimum absolute atomic E-state index is 0.0499. The van der Waals surface area contributed by atoms with Crippen LogP contribution < -0.4 is 4.74 Å². The van der Waals surface area contributed by atoms with Gasteiger partial charge in [0.25, 0.3) is 5.91 Å². The number of para-hydroxylation sites is 1. The largest absolute Gasteiger partial charge is 0.481 e. The van der Waals surface area contributed by atoms with Crippen LogP contribution >= 0.6 is 0 Å². The molecule has 0 radical (unpaired) electrons. The van der Waals surface area contributed by atoms with Crippen molar-refractivity contribution in [1.82, 2.24) is 9.80 Å². The van der Waals surface area contributed by atoms with Gasteiger partial charge in [0.2, 0.25) is 5.91 Å². The van der Waals surface area contributed by atoms with Gasteiger partial charge in [0.1, 0.15) is 0 Å². The van der Waals surface area contributed by atoms with Crippen molar-refractivity contribution in [3.05, 3.63) is 102 Å². The Morgan fingerprint density at radius 3 is 2.15 bits per heavy atom. The number of halogens is 1. The molecule has 6 heteroatoms. The molecule has 0 unspecified atom stereocenters. The maximum Gasteiger partial charge on any atom is 0.260 e. The summed E-state index contributed by atoms with van der Waals surface area (Å²) in [4.78, 5) is 29.1. The molecule has 4 rings (SSSR count). The lowest BCUT2D eigenvalue weighted by Gasteiger charge is -2.40. The molecule has 1 saturated heterocycles. The standard InChI is InChI=1S/C27H27FN2O3/c28-24-13-7-8-14-25(24)33-20-26(31)30-18-23(19-30)27(32)29(17-22-11-5-2-6-12-22)16-15-21-9-3-1-4-10-21/h1-14,23H,15-20H2. The van der Waals surface area contributed by atoms with Crippen molar-refractivity contribution in [1.29, 1.82) is 0 Å². The molecule has 0 spiro atoms. The summed E-state index contributed by atoms with van der Waals surface area (Å²) in [5.74, 6) is -0.886. The number of amides is 2. The van der Waals surface area contributed by atoms with Crippen molar-refractivity contribution in [3.8, 4) is 5.75 Å². The number of ether oxygens (including phenoxy) is 1. The zero-order valence-electron chi connectivity index (χ0n) is 18.4. The molecule has 0 bridgehead atoms. The zero-order chi connectivity index (χ0) is 23.0. The molecule has 1 aliphatic rings. The second-order valence-corrected chi connectivity index (χ2v) is 8.20. The van der Waals surface area contributed by atoms with Gasteiger partial charge in [0.15, 0.2) is 18.2 Å². The van der Waals surface area contributed by atoms with Gasteiger partial charge in [-0.1, -0.05) is 72.8 Å². The van der Waals surface area contributed by atoms with E-state index >= 15 is 0 Å². The van der Waals surface area contributed by atoms with E-state index in [1.54, 1.807) is 17.0 Å². The number of hydrogen-bond acceptors (Lipinski definition) is 3. The van der Waals surface area contributed by atoms with Crippen LogP contribution in [0.5, 0.6) is 5.75 Å². The monoisotopic (exact) mass is 446 g/mol. The van der Waals surface area contributed by atoms with Crippen LogP contribution in [0.4, 0.5) is 4.39 Å². The maximum absolute atomic E-state index is 13.7. The van der Waals surface area contributed by atoms with E-state index in [-0.39, 0.29) is 30.1 Å². The summed E-state index contributed by atoms with van der Waals surface area (Å²) in [7, 11) is 0. The average Bonchev–Trinajstić information content (AvgIpc) is 2.81. The Morgan fingerprint density at radius 2 is 1.48 bits per heavy atom. The lowest BCUT2D eigenvalue weighted by Crippen LogP contribution is -2.57. The predicted molar refractivity (Wildman–Crippen MR) is 124 cm³/mol. The highest BCUT2D eigenvalue weighted by Crippen LogP contribution is 2.21. The van der Waals surface area contributed by atoms with Gasteiger partial charge >= 0.3 is 0 Å². The first-order chi connectivity index (χ1) is 16.1. The number of rotatable bonds is 9. The molecule has 1 heterocycles. The molecule has 0 aliphatic carbocycles. The molecule has 1 fully saturated rings. The Morgan fingerprint density at radius 1 is 0.879 bits per heavy atom. The van der Waals surface area contributed by atoms with Crippen molar-refractivity contribution in [3.63, 3.8) is 0 Å². The van der Waals surface area contributed by atoms with Gasteiger partial charge in [0.05, 0.1) is 5.92 Å². The van der Waals surface area contributed by atoms with E-state index in [9.17, 15) is 14.0 Å². The van der Waals surface area contributed by atoms with E-state index in [1.165, 1.54) is 17.7 Å². The first-order valence-electron chi connectivity index (χ1n) is 11.1. The van der Waals surface area contributed by atoms with Crippen molar-refractivity contribution < 1.29 is 18.7 Å². The van der Waals surface area contributed by atoms with E-state index in [0.29, 0.717) is 26.2 Å². The van der Waals surface area contributed by atoms with Crippen LogP contribution in [0, 0.1) is 11.7 Å². The first kappa shape index (κ1) is 22.5. The van der Waals surface area contributed by atoms with Gasteiger partial charge in [-0.15, -0.1) is 0 Å². The summed E-state index contributed by atoms with van der Waals surface area (Å²) >= 11 is 0. The summed E-state index contributed by atoms with van der Waals surface area (Å²) in [6.07, 6.45) is 0.769. The second-order valence-electron chi connectivity index (χ2n) is 8.20. The topological polar surface area (TPSA) is 49.9 Å². The van der Waals surface area contributed by atoms with Crippen LogP contribution in [0.2, 0.25) is 0 Å². The van der Waals surface area contributed by atoms with Crippen molar-refractivity contribution in [2.75, 3.05) is 26.2 Å². The van der Waals surface area contributed by atoms with Crippen molar-refractivity contribution in [2.45, 2.75) is 13.0 Å². The average molecular weight is 447 g/mol. The molecule has 2 amide bonds. The number of nitrogens with zero attached hydrogens (tertiary/aromatic N) is 2. The number of likely N-dealkylation sites (tertiary alicyclic amines) is 1. The van der Waals surface area contributed by atoms with Crippen LogP contribution in [0.15, 0.2) is 84.9 Å². The molecule has 3 aromatic rings. The SMILES string of the molecule is O=C(COc1ccccc1F)N1CC(C(=O)N(CCc2ccccc2)Cc2ccccc2)C1. The molecule has 170 valence electrons. The molecule has 0 aromatic heterocycles. The molecule has 33 heavy (non-hydrogen) atoms. The molecular formula is C27H27FN2O3. The molecule has 0 atom stereocenters. The van der Waals surface area contributed by atoms with Gasteiger partial charge in [-0.25, -0.2) is 4.39 Å². The minimum Gasteiger partial charge on any atom is -0.481 e. The molecule has 0 saturated carbocycles. The van der Waals surface area contributed by atoms with Gasteiger partial charge < -0.3 is 14.5 Å². The normalized spacial score (nSPS) is 13.3. The first-order valence-corrected chi connectivity index (χ1v) is 11.1. The predicted octanol–water partition coefficient (Wildman–Crippen LogP) is 3.93. The van der Waals surface area contributed by atoms with E-state index in [4.69, 9.17) is 4.74 Å². The smallest absolute Gasteiger partial charge is 0.260 e. The third-order valence-corrected chi connectivity index (χ3v) is 5.81. The number of carbonyl (C=O) groups is 2. The van der Waals surface area contributed by atoms with Crippen LogP contribution in [-0.2, 0) is 22.6 Å². The van der Waals surface area contributed by atoms with E-state index in [2.05, 4.69) is 12.1 Å². The number of benzene rings is 3. The zero-order valence-corrected chi connectivity index (χ0v) is 18.4. The Bertz CT molecular complexity index is 1070. The minimum atomic E-state index is -0.503. The fraction of sp³-hybridized carbons (Fsp3) is 0.259. The molecule has 5 nitrogen and oxygen atoms in total. The Hall–Kier alpha value is -3.67. The van der Waals surface area contributed by atoms with Crippen molar-refractivity contribution >= 4 is 11.8 Å². The summed E-state index contributed by atoms with van der Waals surface area (Å²) in [6, 6.07) is 26.0. The van der Waals surface area contributed by atoms with Gasteiger partial charge in [0, 0.05) is 26.2 Å². The van der Waals surface area contributed by atoms with Gasteiger partial charge in [-0.05, 0) is 29.7 Å². The highest BCUT2D eigenvalue weighted by molar-refractivity contribution is 5.85. The van der Waals surface area contributed by atoms with E-state index in [1.807, 2.05) is 53.4 Å². The summed E-state index contributed by atoms with van der Waals surface area (Å²) < 4.78 is 19.0. The second kappa shape index (κ2) is 10.8. The molecule has 0 N–H and O–H groups in total. The van der Waals surface area contributed by atoms with E-state index in [0.717, 1.165) is 12.0 Å². The third kappa shape index (κ3) is 5.98. The molecule has 3 aromatic carbocycles. The molecule has 1 aliphatic heterocycles. The maximum atomic E-state index is 13.7. The Balaban J connectivity index is 1.32. The Kier molecular flexibility index (Phi) is 7.35. The Labute approximate surface area is 193 Å². The third-order valence-electron chi connectivity index (χ3n) is 5.81. The van der Waals surface area contributed by atoms with Crippen LogP contribution in [0.3, 0.4) is 0 Å². The van der Waals surface area contributed by atoms with Gasteiger partial charge in [-0.2, -0.15) is 0 Å². The summed E-state index contributed by atoms with van der Waals surface area (Å²) in [5, 5.41) is 0. The lowest BCUT2D eigenvalue weighted by atomic mass is 9.97. The number of hydrogen-bond donors (Lipinski definition) is 0. The van der Waals surface area contributed by atoms with Crippen LogP contribution in [0.1, 0.15) is 11.1 Å². The van der Waals surface area contributed by atoms with Crippen molar-refractivity contribution in [2.24, 2.45) is 5.92 Å². The highest BCUT2D eigenvalue weighted by atomic mass is 19.1. The lowest BCUT2D eigenvalue weighted by molar-refractivity contribution is -0.150. The fourth-order valence-electron chi connectivity index (χ4n) is 3.87. The fourth-order valence-corrected chi connectivity index (χ4v) is 3.87. The van der Waals surface area contributed by atoms with Crippen LogP contribution in [0.25, 0.3) is 0 Å². The molecular weight excluding hydrogens is 419 g/mol. The van der Waals surface area contributed by atoms with Gasteiger partial charge in [-0.3, -0.25) is 9.59 Å². The quantitative estimate of drug-likeness (QED) is 0.500. The summed E-state index contributed by atoms with van der Waals surface area (Å²) in [5.41, 5.74) is 2.25. The highest BCUT2D eigenvalue weighted by Gasteiger charge is 2.38. The number of carbonyl (C=O) groups excluding carboxylic acids is 2.